The van der Waals surface area contributed by atoms with Gasteiger partial charge in [0.25, 0.3) is 0 Å². The molecule has 2 aromatic rings. The summed E-state index contributed by atoms with van der Waals surface area (Å²) < 4.78 is 5.40. The Morgan fingerprint density at radius 3 is 2.58 bits per heavy atom. The van der Waals surface area contributed by atoms with Crippen LogP contribution in [0.15, 0.2) is 47.6 Å². The van der Waals surface area contributed by atoms with Crippen LogP contribution in [0.1, 0.15) is 18.1 Å². The zero-order chi connectivity index (χ0) is 18.7. The van der Waals surface area contributed by atoms with Crippen LogP contribution in [0.4, 0.5) is 0 Å². The number of rotatable bonds is 4. The fraction of sp³-hybridized carbons (Fsp3) is 0.167. The van der Waals surface area contributed by atoms with E-state index in [1.807, 2.05) is 6.92 Å². The Labute approximate surface area is 154 Å². The molecule has 3 rings (SSSR count). The minimum Gasteiger partial charge on any atom is -0.504 e. The van der Waals surface area contributed by atoms with Gasteiger partial charge in [-0.15, -0.1) is 0 Å². The molecule has 1 heterocycles. The van der Waals surface area contributed by atoms with Crippen LogP contribution in [-0.2, 0) is 0 Å². The van der Waals surface area contributed by atoms with Crippen molar-refractivity contribution in [3.05, 3.63) is 53.6 Å². The largest absolute Gasteiger partial charge is 0.504 e. The molecule has 4 N–H and O–H groups in total. The van der Waals surface area contributed by atoms with Crippen LogP contribution >= 0.6 is 11.8 Å². The SMILES string of the molecule is CCOc1ccc(C(=N)N2N=C(c3ccc(O)c(O)c3)CSC2=N)cc1. The van der Waals surface area contributed by atoms with Gasteiger partial charge in [0.15, 0.2) is 22.5 Å². The predicted molar refractivity (Wildman–Crippen MR) is 103 cm³/mol. The summed E-state index contributed by atoms with van der Waals surface area (Å²) in [7, 11) is 0. The van der Waals surface area contributed by atoms with Crippen molar-refractivity contribution < 1.29 is 14.9 Å². The molecule has 1 aliphatic rings. The third-order valence-corrected chi connectivity index (χ3v) is 4.58. The van der Waals surface area contributed by atoms with E-state index in [1.165, 1.54) is 28.9 Å². The highest BCUT2D eigenvalue weighted by atomic mass is 32.2. The molecule has 0 aliphatic carbocycles. The fourth-order valence-electron chi connectivity index (χ4n) is 2.39. The number of hydrogen-bond acceptors (Lipinski definition) is 7. The molecule has 2 aromatic carbocycles. The topological polar surface area (TPSA) is 113 Å². The first-order valence-corrected chi connectivity index (χ1v) is 8.91. The molecule has 134 valence electrons. The number of nitrogens with one attached hydrogen (secondary N) is 2. The first-order chi connectivity index (χ1) is 12.5. The molecular formula is C18H18N4O3S. The number of thioether (sulfide) groups is 1. The van der Waals surface area contributed by atoms with E-state index < -0.39 is 0 Å². The normalized spacial score (nSPS) is 14.1. The maximum atomic E-state index is 9.68. The number of nitrogens with zero attached hydrogens (tertiary/aromatic N) is 2. The maximum Gasteiger partial charge on any atom is 0.183 e. The first-order valence-electron chi connectivity index (χ1n) is 7.92. The number of hydrogen-bond donors (Lipinski definition) is 4. The van der Waals surface area contributed by atoms with Crippen molar-refractivity contribution in [1.29, 1.82) is 10.8 Å². The lowest BCUT2D eigenvalue weighted by atomic mass is 10.1. The van der Waals surface area contributed by atoms with E-state index in [0.717, 1.165) is 5.75 Å². The van der Waals surface area contributed by atoms with Crippen molar-refractivity contribution >= 4 is 28.5 Å². The average Bonchev–Trinajstić information content (AvgIpc) is 2.65. The van der Waals surface area contributed by atoms with E-state index in [1.54, 1.807) is 30.3 Å². The van der Waals surface area contributed by atoms with E-state index in [0.29, 0.717) is 29.2 Å². The number of phenols is 2. The fourth-order valence-corrected chi connectivity index (χ4v) is 3.14. The lowest BCUT2D eigenvalue weighted by Gasteiger charge is -2.25. The highest BCUT2D eigenvalue weighted by Crippen LogP contribution is 2.28. The zero-order valence-corrected chi connectivity index (χ0v) is 14.9. The van der Waals surface area contributed by atoms with Crippen molar-refractivity contribution in [2.45, 2.75) is 6.92 Å². The van der Waals surface area contributed by atoms with Crippen molar-refractivity contribution in [3.8, 4) is 17.2 Å². The number of amidine groups is 2. The Balaban J connectivity index is 1.88. The molecule has 0 saturated heterocycles. The van der Waals surface area contributed by atoms with Gasteiger partial charge >= 0.3 is 0 Å². The minimum absolute atomic E-state index is 0.0748. The highest BCUT2D eigenvalue weighted by Gasteiger charge is 2.24. The monoisotopic (exact) mass is 370 g/mol. The van der Waals surface area contributed by atoms with E-state index in [-0.39, 0.29) is 22.5 Å². The number of benzene rings is 2. The summed E-state index contributed by atoms with van der Waals surface area (Å²) in [5.74, 6) is 0.797. The molecule has 0 saturated carbocycles. The maximum absolute atomic E-state index is 9.68. The van der Waals surface area contributed by atoms with Crippen molar-refractivity contribution in [2.24, 2.45) is 5.10 Å². The summed E-state index contributed by atoms with van der Waals surface area (Å²) in [6, 6.07) is 11.5. The molecule has 0 bridgehead atoms. The molecule has 0 spiro atoms. The Kier molecular flexibility index (Phi) is 5.13. The smallest absolute Gasteiger partial charge is 0.183 e. The Morgan fingerprint density at radius 2 is 1.92 bits per heavy atom. The van der Waals surface area contributed by atoms with Crippen LogP contribution < -0.4 is 4.74 Å². The molecule has 8 heteroatoms. The minimum atomic E-state index is -0.232. The van der Waals surface area contributed by atoms with Crippen molar-refractivity contribution in [2.75, 3.05) is 12.4 Å². The van der Waals surface area contributed by atoms with Gasteiger partial charge in [0.1, 0.15) is 5.75 Å². The Bertz CT molecular complexity index is 881. The molecule has 26 heavy (non-hydrogen) atoms. The highest BCUT2D eigenvalue weighted by molar-refractivity contribution is 8.14. The molecule has 0 fully saturated rings. The summed E-state index contributed by atoms with van der Waals surface area (Å²) in [5.41, 5.74) is 1.85. The van der Waals surface area contributed by atoms with Gasteiger partial charge in [-0.2, -0.15) is 10.1 Å². The Hall–Kier alpha value is -3.00. The quantitative estimate of drug-likeness (QED) is 0.375. The second-order valence-electron chi connectivity index (χ2n) is 5.46. The standard InChI is InChI=1S/C18H18N4O3S/c1-2-25-13-6-3-11(4-7-13)17(19)22-18(20)26-10-14(21-22)12-5-8-15(23)16(24)9-12/h3-9,19-20,23-24H,2,10H2,1H3. The molecule has 0 amide bonds. The summed E-state index contributed by atoms with van der Waals surface area (Å²) >= 11 is 1.24. The van der Waals surface area contributed by atoms with E-state index in [4.69, 9.17) is 15.6 Å². The third kappa shape index (κ3) is 3.65. The van der Waals surface area contributed by atoms with Gasteiger partial charge in [0, 0.05) is 16.9 Å². The number of aromatic hydroxyl groups is 2. The second kappa shape index (κ2) is 7.49. The van der Waals surface area contributed by atoms with Gasteiger partial charge in [0.2, 0.25) is 0 Å². The molecule has 0 unspecified atom stereocenters. The van der Waals surface area contributed by atoms with Crippen LogP contribution in [0.2, 0.25) is 0 Å². The molecule has 7 nitrogen and oxygen atoms in total. The van der Waals surface area contributed by atoms with Crippen LogP contribution in [0.25, 0.3) is 0 Å². The number of ether oxygens (including phenoxy) is 1. The second-order valence-corrected chi connectivity index (χ2v) is 6.43. The number of hydrazone groups is 1. The first kappa shape index (κ1) is 17.8. The van der Waals surface area contributed by atoms with Gasteiger partial charge in [-0.05, 0) is 49.4 Å². The van der Waals surface area contributed by atoms with E-state index >= 15 is 0 Å². The summed E-state index contributed by atoms with van der Waals surface area (Å²) in [6.07, 6.45) is 0. The molecule has 0 atom stereocenters. The lowest BCUT2D eigenvalue weighted by molar-refractivity contribution is 0.340. The summed E-state index contributed by atoms with van der Waals surface area (Å²) in [6.45, 7) is 2.47. The van der Waals surface area contributed by atoms with Gasteiger partial charge in [-0.25, -0.2) is 0 Å². The van der Waals surface area contributed by atoms with Crippen LogP contribution in [0, 0.1) is 10.8 Å². The van der Waals surface area contributed by atoms with Gasteiger partial charge < -0.3 is 14.9 Å². The van der Waals surface area contributed by atoms with Gasteiger partial charge in [-0.3, -0.25) is 10.8 Å². The van der Waals surface area contributed by atoms with Crippen LogP contribution in [0.5, 0.6) is 17.2 Å². The van der Waals surface area contributed by atoms with Crippen LogP contribution in [-0.4, -0.2) is 44.3 Å². The van der Waals surface area contributed by atoms with Crippen molar-refractivity contribution in [1.82, 2.24) is 5.01 Å². The predicted octanol–water partition coefficient (Wildman–Crippen LogP) is 3.21. The molecule has 1 aliphatic heterocycles. The van der Waals surface area contributed by atoms with Gasteiger partial charge in [0.05, 0.1) is 12.3 Å². The lowest BCUT2D eigenvalue weighted by Crippen LogP contribution is -2.35. The summed E-state index contributed by atoms with van der Waals surface area (Å²) in [4.78, 5) is 0. The van der Waals surface area contributed by atoms with Crippen LogP contribution in [0.3, 0.4) is 0 Å². The van der Waals surface area contributed by atoms with E-state index in [2.05, 4.69) is 5.10 Å². The average molecular weight is 370 g/mol. The molecule has 0 aromatic heterocycles. The van der Waals surface area contributed by atoms with Gasteiger partial charge in [-0.1, -0.05) is 11.8 Å². The number of phenolic OH excluding ortho intramolecular Hbond substituents is 2. The molecule has 0 radical (unpaired) electrons. The third-order valence-electron chi connectivity index (χ3n) is 3.72. The van der Waals surface area contributed by atoms with Crippen molar-refractivity contribution in [3.63, 3.8) is 0 Å². The zero-order valence-electron chi connectivity index (χ0n) is 14.1. The van der Waals surface area contributed by atoms with E-state index in [9.17, 15) is 10.2 Å². The Morgan fingerprint density at radius 1 is 1.19 bits per heavy atom. The molecular weight excluding hydrogens is 352 g/mol. The summed E-state index contributed by atoms with van der Waals surface area (Å²) in [5, 5.41) is 41.4.